The maximum atomic E-state index is 11.3. The molecule has 42 heavy (non-hydrogen) atoms. The predicted molar refractivity (Wildman–Crippen MR) is 176 cm³/mol. The van der Waals surface area contributed by atoms with Crippen molar-refractivity contribution in [1.29, 1.82) is 0 Å². The second-order valence-electron chi connectivity index (χ2n) is 11.1. The summed E-state index contributed by atoms with van der Waals surface area (Å²) in [7, 11) is 0. The Balaban J connectivity index is 0.000000422. The van der Waals surface area contributed by atoms with Gasteiger partial charge in [-0.15, -0.1) is 0 Å². The molecule has 0 fully saturated rings. The van der Waals surface area contributed by atoms with Crippen molar-refractivity contribution in [3.8, 4) is 11.5 Å². The Bertz CT molecular complexity index is 1450. The monoisotopic (exact) mass is 580 g/mol. The van der Waals surface area contributed by atoms with E-state index in [1.807, 2.05) is 48.8 Å². The lowest BCUT2D eigenvalue weighted by Gasteiger charge is -2.30. The average molecular weight is 581 g/mol. The van der Waals surface area contributed by atoms with Gasteiger partial charge in [0.15, 0.2) is 0 Å². The number of hydrogen-bond acceptors (Lipinski definition) is 6. The Labute approximate surface area is 253 Å². The second kappa shape index (κ2) is 15.6. The molecule has 2 N–H and O–H groups in total. The third-order valence-corrected chi connectivity index (χ3v) is 7.56. The number of ether oxygens (including phenoxy) is 2. The van der Waals surface area contributed by atoms with Crippen LogP contribution in [0.15, 0.2) is 48.8 Å². The van der Waals surface area contributed by atoms with Crippen LogP contribution >= 0.6 is 0 Å². The van der Waals surface area contributed by atoms with Gasteiger partial charge in [0, 0.05) is 76.1 Å². The smallest absolute Gasteiger partial charge is 0.308 e. The number of nitrogens with one attached hydrogen (secondary N) is 2. The lowest BCUT2D eigenvalue weighted by molar-refractivity contribution is -0.132. The second-order valence-corrected chi connectivity index (χ2v) is 11.1. The SMILES string of the molecule is CC(=O)Oc1cccc2[nH]cc(CCN(C(C)C)C(C)C)c12.CCN(CC)CCc1c[nH]c2cccc(OC(C)=O)c12.[HH].[HH]. The Morgan fingerprint density at radius 1 is 0.738 bits per heavy atom. The molecule has 8 nitrogen and oxygen atoms in total. The Morgan fingerprint density at radius 2 is 1.17 bits per heavy atom. The zero-order valence-corrected chi connectivity index (χ0v) is 26.5. The van der Waals surface area contributed by atoms with E-state index in [1.165, 1.54) is 25.0 Å². The standard InChI is InChI=1S/C18H26N2O2.C16H22N2O2.2H2/c1-12(2)20(13(3)4)10-9-15-11-19-16-7-6-8-17(18(15)16)22-14(5)21;1-4-18(5-2)10-9-13-11-17-14-7-6-8-15(16(13)14)20-12(3)19;;/h6-8,11-13,19H,9-10H2,1-5H3;6-8,11,17H,4-5,9-10H2,1-3H3;2*1H. The number of nitrogens with zero attached hydrogens (tertiary/aromatic N) is 2. The summed E-state index contributed by atoms with van der Waals surface area (Å²) < 4.78 is 10.7. The highest BCUT2D eigenvalue weighted by atomic mass is 16.5. The lowest BCUT2D eigenvalue weighted by Crippen LogP contribution is -2.38. The zero-order chi connectivity index (χ0) is 30.8. The molecular formula is C34H52N4O4. The van der Waals surface area contributed by atoms with Crippen LogP contribution in [0.5, 0.6) is 11.5 Å². The van der Waals surface area contributed by atoms with Crippen molar-refractivity contribution in [3.63, 3.8) is 0 Å². The highest BCUT2D eigenvalue weighted by molar-refractivity contribution is 5.92. The van der Waals surface area contributed by atoms with Crippen molar-refractivity contribution in [2.75, 3.05) is 26.2 Å². The van der Waals surface area contributed by atoms with Crippen molar-refractivity contribution < 1.29 is 21.9 Å². The molecule has 0 aliphatic carbocycles. The van der Waals surface area contributed by atoms with Gasteiger partial charge in [-0.05, 0) is 89.0 Å². The number of H-pyrrole nitrogens is 2. The Kier molecular flexibility index (Phi) is 12.2. The van der Waals surface area contributed by atoms with Gasteiger partial charge in [0.2, 0.25) is 0 Å². The maximum absolute atomic E-state index is 11.3. The third kappa shape index (κ3) is 8.69. The first kappa shape index (κ1) is 32.9. The van der Waals surface area contributed by atoms with E-state index in [-0.39, 0.29) is 14.8 Å². The molecule has 2 aromatic carbocycles. The Morgan fingerprint density at radius 3 is 1.55 bits per heavy atom. The van der Waals surface area contributed by atoms with E-state index in [9.17, 15) is 9.59 Å². The largest absolute Gasteiger partial charge is 0.426 e. The van der Waals surface area contributed by atoms with Crippen LogP contribution in [0.3, 0.4) is 0 Å². The lowest BCUT2D eigenvalue weighted by atomic mass is 10.1. The van der Waals surface area contributed by atoms with Crippen molar-refractivity contribution >= 4 is 33.7 Å². The number of likely N-dealkylation sites (N-methyl/N-ethyl adjacent to an activating group) is 1. The quantitative estimate of drug-likeness (QED) is 0.136. The minimum atomic E-state index is -0.286. The van der Waals surface area contributed by atoms with Crippen molar-refractivity contribution in [3.05, 3.63) is 59.9 Å². The number of carbonyl (C=O) groups is 2. The van der Waals surface area contributed by atoms with E-state index in [0.29, 0.717) is 23.6 Å². The summed E-state index contributed by atoms with van der Waals surface area (Å²) in [5.41, 5.74) is 4.41. The number of hydrogen-bond donors (Lipinski definition) is 2. The molecule has 2 aromatic heterocycles. The molecule has 0 amide bonds. The van der Waals surface area contributed by atoms with Gasteiger partial charge in [-0.2, -0.15) is 0 Å². The van der Waals surface area contributed by atoms with Gasteiger partial charge >= 0.3 is 11.9 Å². The van der Waals surface area contributed by atoms with Crippen LogP contribution in [-0.2, 0) is 22.4 Å². The van der Waals surface area contributed by atoms with Gasteiger partial charge in [0.05, 0.1) is 0 Å². The van der Waals surface area contributed by atoms with Crippen molar-refractivity contribution in [1.82, 2.24) is 19.8 Å². The number of benzene rings is 2. The van der Waals surface area contributed by atoms with Crippen LogP contribution in [0.1, 0.15) is 69.4 Å². The predicted octanol–water partition coefficient (Wildman–Crippen LogP) is 7.22. The summed E-state index contributed by atoms with van der Waals surface area (Å²) in [6, 6.07) is 12.5. The number of carbonyl (C=O) groups excluding carboxylic acids is 2. The maximum Gasteiger partial charge on any atom is 0.308 e. The summed E-state index contributed by atoms with van der Waals surface area (Å²) in [4.78, 5) is 33.9. The van der Waals surface area contributed by atoms with Crippen LogP contribution in [0.25, 0.3) is 21.8 Å². The molecule has 2 heterocycles. The molecule has 0 saturated carbocycles. The highest BCUT2D eigenvalue weighted by Crippen LogP contribution is 2.30. The van der Waals surface area contributed by atoms with Crippen molar-refractivity contribution in [2.45, 2.75) is 80.3 Å². The Hall–Kier alpha value is -3.62. The summed E-state index contributed by atoms with van der Waals surface area (Å²) in [5.74, 6) is 0.715. The van der Waals surface area contributed by atoms with Gasteiger partial charge in [0.1, 0.15) is 11.5 Å². The van der Waals surface area contributed by atoms with Crippen LogP contribution in [0, 0.1) is 0 Å². The summed E-state index contributed by atoms with van der Waals surface area (Å²) in [6.45, 7) is 20.2. The third-order valence-electron chi connectivity index (χ3n) is 7.56. The van der Waals surface area contributed by atoms with E-state index in [2.05, 4.69) is 61.3 Å². The summed E-state index contributed by atoms with van der Waals surface area (Å²) >= 11 is 0. The summed E-state index contributed by atoms with van der Waals surface area (Å²) in [6.07, 6.45) is 5.91. The summed E-state index contributed by atoms with van der Waals surface area (Å²) in [5, 5.41) is 2.04. The minimum Gasteiger partial charge on any atom is -0.426 e. The topological polar surface area (TPSA) is 90.7 Å². The van der Waals surface area contributed by atoms with Gasteiger partial charge in [0.25, 0.3) is 0 Å². The van der Waals surface area contributed by atoms with Crippen LogP contribution in [0.4, 0.5) is 0 Å². The zero-order valence-electron chi connectivity index (χ0n) is 26.5. The van der Waals surface area contributed by atoms with E-state index in [4.69, 9.17) is 9.47 Å². The number of fused-ring (bicyclic) bond motifs is 2. The van der Waals surface area contributed by atoms with Gasteiger partial charge in [-0.3, -0.25) is 14.5 Å². The molecule has 0 unspecified atom stereocenters. The molecule has 0 bridgehead atoms. The fraction of sp³-hybridized carbons (Fsp3) is 0.471. The number of aromatic amines is 2. The normalized spacial score (nSPS) is 11.5. The van der Waals surface area contributed by atoms with E-state index in [0.717, 1.165) is 60.8 Å². The fourth-order valence-electron chi connectivity index (χ4n) is 5.49. The van der Waals surface area contributed by atoms with Crippen LogP contribution in [0.2, 0.25) is 0 Å². The van der Waals surface area contributed by atoms with Crippen LogP contribution in [-0.4, -0.2) is 70.0 Å². The molecule has 0 aliphatic heterocycles. The van der Waals surface area contributed by atoms with Crippen LogP contribution < -0.4 is 9.47 Å². The first-order valence-corrected chi connectivity index (χ1v) is 15.1. The number of aromatic nitrogens is 2. The molecular weight excluding hydrogens is 528 g/mol. The molecule has 0 saturated heterocycles. The molecule has 0 radical (unpaired) electrons. The molecule has 232 valence electrons. The van der Waals surface area contributed by atoms with E-state index < -0.39 is 0 Å². The highest BCUT2D eigenvalue weighted by Gasteiger charge is 2.16. The first-order valence-electron chi connectivity index (χ1n) is 15.1. The molecule has 4 aromatic rings. The van der Waals surface area contributed by atoms with Gasteiger partial charge < -0.3 is 24.3 Å². The van der Waals surface area contributed by atoms with E-state index in [1.54, 1.807) is 0 Å². The molecule has 0 spiro atoms. The molecule has 0 aliphatic rings. The van der Waals surface area contributed by atoms with Crippen molar-refractivity contribution in [2.24, 2.45) is 0 Å². The van der Waals surface area contributed by atoms with Gasteiger partial charge in [-0.1, -0.05) is 26.0 Å². The first-order chi connectivity index (χ1) is 20.0. The number of esters is 2. The average Bonchev–Trinajstić information content (AvgIpc) is 3.54. The van der Waals surface area contributed by atoms with Gasteiger partial charge in [-0.25, -0.2) is 0 Å². The van der Waals surface area contributed by atoms with E-state index >= 15 is 0 Å². The minimum absolute atomic E-state index is 0. The fourth-order valence-corrected chi connectivity index (χ4v) is 5.49. The molecule has 0 atom stereocenters. The molecule has 4 rings (SSSR count). The number of rotatable bonds is 12. The molecule has 8 heteroatoms.